The first-order valence-electron chi connectivity index (χ1n) is 10.6. The molecule has 0 aliphatic heterocycles. The maximum atomic E-state index is 12.9. The molecule has 7 nitrogen and oxygen atoms in total. The van der Waals surface area contributed by atoms with Crippen LogP contribution in [0.4, 0.5) is 5.69 Å². The number of hydrogen-bond donors (Lipinski definition) is 1. The smallest absolute Gasteiger partial charge is 0.261 e. The van der Waals surface area contributed by atoms with Crippen molar-refractivity contribution >= 4 is 21.6 Å². The van der Waals surface area contributed by atoms with E-state index in [1.807, 2.05) is 19.1 Å². The Hall–Kier alpha value is -3.13. The second-order valence-electron chi connectivity index (χ2n) is 7.90. The minimum absolute atomic E-state index is 0.0316. The molecule has 0 aliphatic rings. The van der Waals surface area contributed by atoms with E-state index in [0.29, 0.717) is 18.0 Å². The zero-order valence-electron chi connectivity index (χ0n) is 18.9. The van der Waals surface area contributed by atoms with Gasteiger partial charge in [0.25, 0.3) is 15.9 Å². The molecule has 1 amide bonds. The summed E-state index contributed by atoms with van der Waals surface area (Å²) in [4.78, 5) is 14.5. The molecule has 0 unspecified atom stereocenters. The lowest BCUT2D eigenvalue weighted by atomic mass is 10.1. The highest BCUT2D eigenvalue weighted by Crippen LogP contribution is 2.20. The quantitative estimate of drug-likeness (QED) is 0.505. The van der Waals surface area contributed by atoms with Gasteiger partial charge in [0.1, 0.15) is 5.76 Å². The molecule has 0 saturated heterocycles. The molecule has 32 heavy (non-hydrogen) atoms. The Balaban J connectivity index is 1.74. The number of hydrogen-bond acceptors (Lipinski definition) is 5. The molecule has 1 heterocycles. The third kappa shape index (κ3) is 5.56. The van der Waals surface area contributed by atoms with E-state index < -0.39 is 10.0 Å². The van der Waals surface area contributed by atoms with E-state index >= 15 is 0 Å². The van der Waals surface area contributed by atoms with E-state index in [0.717, 1.165) is 30.5 Å². The van der Waals surface area contributed by atoms with Gasteiger partial charge in [-0.05, 0) is 62.6 Å². The Morgan fingerprint density at radius 3 is 2.47 bits per heavy atom. The molecule has 2 aromatic carbocycles. The summed E-state index contributed by atoms with van der Waals surface area (Å²) in [6.45, 7) is 6.07. The molecule has 0 spiro atoms. The van der Waals surface area contributed by atoms with Crippen molar-refractivity contribution in [3.05, 3.63) is 76.7 Å². The standard InChI is InChI=1S/C24H29N3O4S/c1-5-6-8-19-11-13-21(14-12-19)26-32(29,30)22-10-7-9-20(15-22)24(28)27(4)16-23-17(2)25-31-18(23)3/h7,9-15,26H,5-6,8,16H2,1-4H3. The summed E-state index contributed by atoms with van der Waals surface area (Å²) in [5, 5.41) is 3.91. The second kappa shape index (κ2) is 9.99. The number of amides is 1. The van der Waals surface area contributed by atoms with Gasteiger partial charge in [-0.25, -0.2) is 8.42 Å². The average Bonchev–Trinajstić information content (AvgIpc) is 3.10. The molecule has 0 aliphatic carbocycles. The largest absolute Gasteiger partial charge is 0.361 e. The van der Waals surface area contributed by atoms with Gasteiger partial charge in [-0.3, -0.25) is 9.52 Å². The average molecular weight is 456 g/mol. The van der Waals surface area contributed by atoms with Crippen LogP contribution in [-0.4, -0.2) is 31.4 Å². The molecule has 1 N–H and O–H groups in total. The number of carbonyl (C=O) groups excluding carboxylic acids is 1. The zero-order chi connectivity index (χ0) is 23.3. The summed E-state index contributed by atoms with van der Waals surface area (Å²) in [6, 6.07) is 13.4. The fourth-order valence-electron chi connectivity index (χ4n) is 3.39. The van der Waals surface area contributed by atoms with Gasteiger partial charge in [0, 0.05) is 23.9 Å². The van der Waals surface area contributed by atoms with Crippen LogP contribution in [0.25, 0.3) is 0 Å². The molecule has 3 rings (SSSR count). The maximum Gasteiger partial charge on any atom is 0.261 e. The van der Waals surface area contributed by atoms with Crippen molar-refractivity contribution in [3.8, 4) is 0 Å². The molecular weight excluding hydrogens is 426 g/mol. The summed E-state index contributed by atoms with van der Waals surface area (Å²) in [5.41, 5.74) is 3.51. The lowest BCUT2D eigenvalue weighted by Gasteiger charge is -2.17. The Morgan fingerprint density at radius 2 is 1.84 bits per heavy atom. The number of carbonyl (C=O) groups is 1. The predicted octanol–water partition coefficient (Wildman–Crippen LogP) is 4.71. The van der Waals surface area contributed by atoms with Crippen LogP contribution in [0.5, 0.6) is 0 Å². The highest BCUT2D eigenvalue weighted by atomic mass is 32.2. The number of sulfonamides is 1. The van der Waals surface area contributed by atoms with Crippen molar-refractivity contribution in [1.82, 2.24) is 10.1 Å². The first-order chi connectivity index (χ1) is 15.2. The fourth-order valence-corrected chi connectivity index (χ4v) is 4.49. The van der Waals surface area contributed by atoms with E-state index in [4.69, 9.17) is 4.52 Å². The number of unbranched alkanes of at least 4 members (excludes halogenated alkanes) is 1. The van der Waals surface area contributed by atoms with Crippen molar-refractivity contribution in [3.63, 3.8) is 0 Å². The second-order valence-corrected chi connectivity index (χ2v) is 9.58. The molecule has 0 atom stereocenters. The molecule has 0 bridgehead atoms. The maximum absolute atomic E-state index is 12.9. The minimum Gasteiger partial charge on any atom is -0.361 e. The molecule has 8 heteroatoms. The van der Waals surface area contributed by atoms with Gasteiger partial charge < -0.3 is 9.42 Å². The number of anilines is 1. The van der Waals surface area contributed by atoms with Gasteiger partial charge in [0.05, 0.1) is 17.1 Å². The van der Waals surface area contributed by atoms with E-state index in [-0.39, 0.29) is 16.4 Å². The lowest BCUT2D eigenvalue weighted by molar-refractivity contribution is 0.0784. The first-order valence-corrected chi connectivity index (χ1v) is 12.1. The SMILES string of the molecule is CCCCc1ccc(NS(=O)(=O)c2cccc(C(=O)N(C)Cc3c(C)noc3C)c2)cc1. The van der Waals surface area contributed by atoms with Crippen LogP contribution in [-0.2, 0) is 23.0 Å². The lowest BCUT2D eigenvalue weighted by Crippen LogP contribution is -2.27. The van der Waals surface area contributed by atoms with Crippen molar-refractivity contribution in [2.75, 3.05) is 11.8 Å². The molecule has 1 aromatic heterocycles. The molecule has 0 radical (unpaired) electrons. The summed E-state index contributed by atoms with van der Waals surface area (Å²) in [6.07, 6.45) is 3.17. The number of benzene rings is 2. The van der Waals surface area contributed by atoms with E-state index in [2.05, 4.69) is 16.8 Å². The van der Waals surface area contributed by atoms with Gasteiger partial charge in [-0.2, -0.15) is 0 Å². The fraction of sp³-hybridized carbons (Fsp3) is 0.333. The van der Waals surface area contributed by atoms with Crippen molar-refractivity contribution in [1.29, 1.82) is 0 Å². The molecule has 170 valence electrons. The van der Waals surface area contributed by atoms with Crippen molar-refractivity contribution < 1.29 is 17.7 Å². The van der Waals surface area contributed by atoms with Gasteiger partial charge in [-0.15, -0.1) is 0 Å². The van der Waals surface area contributed by atoms with Crippen LogP contribution < -0.4 is 4.72 Å². The van der Waals surface area contributed by atoms with Crippen LogP contribution in [0, 0.1) is 13.8 Å². The van der Waals surface area contributed by atoms with Crippen LogP contribution in [0.2, 0.25) is 0 Å². The monoisotopic (exact) mass is 455 g/mol. The third-order valence-corrected chi connectivity index (χ3v) is 6.72. The van der Waals surface area contributed by atoms with Crippen molar-refractivity contribution in [2.24, 2.45) is 0 Å². The predicted molar refractivity (Wildman–Crippen MR) is 124 cm³/mol. The van der Waals surface area contributed by atoms with Crippen LogP contribution in [0.1, 0.15) is 52.7 Å². The summed E-state index contributed by atoms with van der Waals surface area (Å²) >= 11 is 0. The highest BCUT2D eigenvalue weighted by Gasteiger charge is 2.20. The molecule has 3 aromatic rings. The van der Waals surface area contributed by atoms with Gasteiger partial charge in [0.15, 0.2) is 0 Å². The molecule has 0 saturated carbocycles. The van der Waals surface area contributed by atoms with Crippen molar-refractivity contribution in [2.45, 2.75) is 51.5 Å². The summed E-state index contributed by atoms with van der Waals surface area (Å²) in [7, 11) is -2.17. The number of aryl methyl sites for hydroxylation is 3. The van der Waals surface area contributed by atoms with Gasteiger partial charge in [-0.1, -0.05) is 36.7 Å². The minimum atomic E-state index is -3.83. The summed E-state index contributed by atoms with van der Waals surface area (Å²) in [5.74, 6) is 0.366. The highest BCUT2D eigenvalue weighted by molar-refractivity contribution is 7.92. The van der Waals surface area contributed by atoms with Crippen LogP contribution in [0.15, 0.2) is 57.9 Å². The Kier molecular flexibility index (Phi) is 7.35. The van der Waals surface area contributed by atoms with E-state index in [9.17, 15) is 13.2 Å². The van der Waals surface area contributed by atoms with E-state index in [1.54, 1.807) is 38.2 Å². The third-order valence-electron chi connectivity index (χ3n) is 5.34. The first kappa shape index (κ1) is 23.5. The number of nitrogens with one attached hydrogen (secondary N) is 1. The van der Waals surface area contributed by atoms with Crippen LogP contribution >= 0.6 is 0 Å². The zero-order valence-corrected chi connectivity index (χ0v) is 19.7. The number of rotatable bonds is 9. The van der Waals surface area contributed by atoms with Crippen LogP contribution in [0.3, 0.4) is 0 Å². The Morgan fingerprint density at radius 1 is 1.12 bits per heavy atom. The number of nitrogens with zero attached hydrogens (tertiary/aromatic N) is 2. The Labute approximate surface area is 189 Å². The van der Waals surface area contributed by atoms with Gasteiger partial charge in [0.2, 0.25) is 0 Å². The topological polar surface area (TPSA) is 92.5 Å². The van der Waals surface area contributed by atoms with Gasteiger partial charge >= 0.3 is 0 Å². The number of aromatic nitrogens is 1. The van der Waals surface area contributed by atoms with E-state index in [1.165, 1.54) is 22.6 Å². The Bertz CT molecular complexity index is 1160. The summed E-state index contributed by atoms with van der Waals surface area (Å²) < 4.78 is 33.5. The molecule has 0 fully saturated rings. The normalized spacial score (nSPS) is 11.4. The molecular formula is C24H29N3O4S.